The number of nitrogens with two attached hydrogens (primary N) is 1. The number of aryl methyl sites for hydroxylation is 1. The van der Waals surface area contributed by atoms with Crippen LogP contribution in [0.3, 0.4) is 0 Å². The Labute approximate surface area is 128 Å². The second-order valence-electron chi connectivity index (χ2n) is 6.06. The molecule has 0 aliphatic carbocycles. The van der Waals surface area contributed by atoms with E-state index in [1.165, 1.54) is 0 Å². The van der Waals surface area contributed by atoms with Crippen LogP contribution in [0.2, 0.25) is 0 Å². The molecule has 2 N–H and O–H groups in total. The molecule has 5 heteroatoms. The van der Waals surface area contributed by atoms with Crippen LogP contribution >= 0.6 is 0 Å². The van der Waals surface area contributed by atoms with Crippen LogP contribution in [0.25, 0.3) is 0 Å². The number of benzene rings is 1. The van der Waals surface area contributed by atoms with Crippen molar-refractivity contribution in [2.75, 3.05) is 0 Å². The van der Waals surface area contributed by atoms with Gasteiger partial charge in [0, 0.05) is 18.6 Å². The minimum absolute atomic E-state index is 0.0705. The van der Waals surface area contributed by atoms with E-state index in [1.807, 2.05) is 26.8 Å². The molecule has 0 aromatic heterocycles. The third kappa shape index (κ3) is 2.87. The van der Waals surface area contributed by atoms with E-state index in [0.717, 1.165) is 36.0 Å². The van der Waals surface area contributed by atoms with Crippen LogP contribution in [0.4, 0.5) is 0 Å². The molecule has 0 radical (unpaired) electrons. The third-order valence-corrected chi connectivity index (χ3v) is 6.85. The molecule has 1 aromatic rings. The number of rotatable bonds is 4. The molecule has 1 fully saturated rings. The predicted octanol–water partition coefficient (Wildman–Crippen LogP) is 2.71. The van der Waals surface area contributed by atoms with Crippen LogP contribution in [0.15, 0.2) is 17.0 Å². The second kappa shape index (κ2) is 6.07. The lowest BCUT2D eigenvalue weighted by Crippen LogP contribution is -2.40. The number of hydrogen-bond donors (Lipinski definition) is 1. The van der Waals surface area contributed by atoms with E-state index in [1.54, 1.807) is 10.4 Å². The molecule has 0 spiro atoms. The van der Waals surface area contributed by atoms with E-state index in [-0.39, 0.29) is 12.1 Å². The zero-order valence-corrected chi connectivity index (χ0v) is 14.2. The molecule has 1 saturated heterocycles. The third-order valence-electron chi connectivity index (χ3n) is 4.65. The molecule has 1 aliphatic rings. The first-order valence-corrected chi connectivity index (χ1v) is 9.10. The summed E-state index contributed by atoms with van der Waals surface area (Å²) in [5.74, 6) is 0. The van der Waals surface area contributed by atoms with Crippen molar-refractivity contribution in [1.29, 1.82) is 0 Å². The molecule has 21 heavy (non-hydrogen) atoms. The molecule has 0 amide bonds. The van der Waals surface area contributed by atoms with Crippen LogP contribution in [-0.4, -0.2) is 24.8 Å². The van der Waals surface area contributed by atoms with Crippen LogP contribution in [-0.2, 0) is 16.6 Å². The molecule has 0 saturated carbocycles. The lowest BCUT2D eigenvalue weighted by atomic mass is 10.1. The van der Waals surface area contributed by atoms with Gasteiger partial charge in [0.15, 0.2) is 0 Å². The van der Waals surface area contributed by atoms with Crippen LogP contribution in [0.5, 0.6) is 0 Å². The summed E-state index contributed by atoms with van der Waals surface area (Å²) in [6.45, 7) is 8.24. The Morgan fingerprint density at radius 1 is 1.29 bits per heavy atom. The van der Waals surface area contributed by atoms with Gasteiger partial charge in [0.25, 0.3) is 0 Å². The molecular weight excluding hydrogens is 284 g/mol. The molecule has 2 rings (SSSR count). The highest BCUT2D eigenvalue weighted by Gasteiger charge is 2.39. The summed E-state index contributed by atoms with van der Waals surface area (Å²) >= 11 is 0. The van der Waals surface area contributed by atoms with Crippen molar-refractivity contribution in [2.45, 2.75) is 70.5 Å². The SMILES string of the molecule is CCC1CCC(C)N1S(=O)(=O)c1cc(CN)cc(C)c1C. The molecule has 1 heterocycles. The van der Waals surface area contributed by atoms with Crippen LogP contribution in [0.1, 0.15) is 49.8 Å². The molecule has 0 bridgehead atoms. The van der Waals surface area contributed by atoms with Crippen molar-refractivity contribution in [3.63, 3.8) is 0 Å². The van der Waals surface area contributed by atoms with Gasteiger partial charge >= 0.3 is 0 Å². The van der Waals surface area contributed by atoms with E-state index >= 15 is 0 Å². The average molecular weight is 310 g/mol. The van der Waals surface area contributed by atoms with Crippen molar-refractivity contribution >= 4 is 10.0 Å². The fourth-order valence-corrected chi connectivity index (χ4v) is 5.57. The molecule has 118 valence electrons. The molecule has 1 aromatic carbocycles. The molecular formula is C16H26N2O2S. The summed E-state index contributed by atoms with van der Waals surface area (Å²) in [5.41, 5.74) is 8.40. The highest BCUT2D eigenvalue weighted by atomic mass is 32.2. The first-order chi connectivity index (χ1) is 9.82. The van der Waals surface area contributed by atoms with Gasteiger partial charge in [0.1, 0.15) is 0 Å². The van der Waals surface area contributed by atoms with Gasteiger partial charge in [-0.25, -0.2) is 8.42 Å². The maximum absolute atomic E-state index is 13.1. The largest absolute Gasteiger partial charge is 0.326 e. The molecule has 1 aliphatic heterocycles. The van der Waals surface area contributed by atoms with Crippen LogP contribution < -0.4 is 5.73 Å². The second-order valence-corrected chi connectivity index (χ2v) is 7.87. The van der Waals surface area contributed by atoms with Gasteiger partial charge in [-0.2, -0.15) is 4.31 Å². The minimum atomic E-state index is -3.46. The summed E-state index contributed by atoms with van der Waals surface area (Å²) in [4.78, 5) is 0.426. The van der Waals surface area contributed by atoms with E-state index in [2.05, 4.69) is 6.92 Å². The van der Waals surface area contributed by atoms with Gasteiger partial charge in [-0.1, -0.05) is 13.0 Å². The van der Waals surface area contributed by atoms with E-state index in [4.69, 9.17) is 5.73 Å². The maximum Gasteiger partial charge on any atom is 0.243 e. The zero-order chi connectivity index (χ0) is 15.8. The minimum Gasteiger partial charge on any atom is -0.326 e. The maximum atomic E-state index is 13.1. The Bertz CT molecular complexity index is 625. The topological polar surface area (TPSA) is 63.4 Å². The first-order valence-electron chi connectivity index (χ1n) is 7.66. The van der Waals surface area contributed by atoms with Crippen molar-refractivity contribution < 1.29 is 8.42 Å². The summed E-state index contributed by atoms with van der Waals surface area (Å²) in [6.07, 6.45) is 2.75. The van der Waals surface area contributed by atoms with Gasteiger partial charge in [0.2, 0.25) is 10.0 Å². The normalized spacial score (nSPS) is 23.7. The Morgan fingerprint density at radius 3 is 2.52 bits per heavy atom. The Morgan fingerprint density at radius 2 is 1.95 bits per heavy atom. The number of sulfonamides is 1. The van der Waals surface area contributed by atoms with Crippen molar-refractivity contribution in [3.05, 3.63) is 28.8 Å². The fraction of sp³-hybridized carbons (Fsp3) is 0.625. The molecule has 2 atom stereocenters. The lowest BCUT2D eigenvalue weighted by molar-refractivity contribution is 0.328. The predicted molar refractivity (Wildman–Crippen MR) is 85.6 cm³/mol. The Hall–Kier alpha value is -0.910. The van der Waals surface area contributed by atoms with Gasteiger partial charge in [-0.15, -0.1) is 0 Å². The quantitative estimate of drug-likeness (QED) is 0.930. The summed E-state index contributed by atoms with van der Waals surface area (Å²) in [7, 11) is -3.46. The van der Waals surface area contributed by atoms with Crippen molar-refractivity contribution in [1.82, 2.24) is 4.31 Å². The lowest BCUT2D eigenvalue weighted by Gasteiger charge is -2.28. The standard InChI is InChI=1S/C16H26N2O2S/c1-5-15-7-6-12(3)18(15)21(19,20)16-9-14(10-17)8-11(2)13(16)4/h8-9,12,15H,5-7,10,17H2,1-4H3. The highest BCUT2D eigenvalue weighted by Crippen LogP contribution is 2.34. The summed E-state index contributed by atoms with van der Waals surface area (Å²) in [5, 5.41) is 0. The van der Waals surface area contributed by atoms with Crippen LogP contribution in [0, 0.1) is 13.8 Å². The van der Waals surface area contributed by atoms with Gasteiger partial charge < -0.3 is 5.73 Å². The van der Waals surface area contributed by atoms with E-state index in [0.29, 0.717) is 11.4 Å². The first kappa shape index (κ1) is 16.5. The monoisotopic (exact) mass is 310 g/mol. The highest BCUT2D eigenvalue weighted by molar-refractivity contribution is 7.89. The smallest absolute Gasteiger partial charge is 0.243 e. The van der Waals surface area contributed by atoms with E-state index < -0.39 is 10.0 Å². The van der Waals surface area contributed by atoms with Crippen molar-refractivity contribution in [2.24, 2.45) is 5.73 Å². The molecule has 4 nitrogen and oxygen atoms in total. The number of nitrogens with zero attached hydrogens (tertiary/aromatic N) is 1. The van der Waals surface area contributed by atoms with Gasteiger partial charge in [-0.3, -0.25) is 0 Å². The Balaban J connectivity index is 2.56. The summed E-state index contributed by atoms with van der Waals surface area (Å²) < 4.78 is 28.0. The zero-order valence-electron chi connectivity index (χ0n) is 13.4. The van der Waals surface area contributed by atoms with E-state index in [9.17, 15) is 8.42 Å². The fourth-order valence-electron chi connectivity index (χ4n) is 3.26. The summed E-state index contributed by atoms with van der Waals surface area (Å²) in [6, 6.07) is 3.90. The van der Waals surface area contributed by atoms with Gasteiger partial charge in [0.05, 0.1) is 4.90 Å². The van der Waals surface area contributed by atoms with Gasteiger partial charge in [-0.05, 0) is 62.8 Å². The number of hydrogen-bond acceptors (Lipinski definition) is 3. The van der Waals surface area contributed by atoms with Crippen molar-refractivity contribution in [3.8, 4) is 0 Å². The average Bonchev–Trinajstić information content (AvgIpc) is 2.83. The Kier molecular flexibility index (Phi) is 4.76. The molecule has 2 unspecified atom stereocenters.